The molecule has 1 unspecified atom stereocenters. The minimum Gasteiger partial charge on any atom is -0.494 e. The molecule has 8 nitrogen and oxygen atoms in total. The molecule has 1 aliphatic rings. The Bertz CT molecular complexity index is 1070. The van der Waals surface area contributed by atoms with Crippen LogP contribution in [0.4, 0.5) is 0 Å². The van der Waals surface area contributed by atoms with E-state index in [-0.39, 0.29) is 24.1 Å². The lowest BCUT2D eigenvalue weighted by Gasteiger charge is -2.22. The molecule has 0 bridgehead atoms. The Labute approximate surface area is 160 Å². The van der Waals surface area contributed by atoms with E-state index < -0.39 is 11.9 Å². The number of nitrogens with zero attached hydrogens (tertiary/aromatic N) is 2. The Kier molecular flexibility index (Phi) is 4.52. The molecule has 1 aromatic carbocycles. The third-order valence-electron chi connectivity index (χ3n) is 4.78. The number of aromatic nitrogens is 2. The summed E-state index contributed by atoms with van der Waals surface area (Å²) < 4.78 is 1.49. The van der Waals surface area contributed by atoms with E-state index in [4.69, 9.17) is 0 Å². The van der Waals surface area contributed by atoms with Crippen LogP contribution in [0.25, 0.3) is 10.8 Å². The number of fused-ring (bicyclic) bond motifs is 1. The molecule has 1 atom stereocenters. The highest BCUT2D eigenvalue weighted by molar-refractivity contribution is 6.00. The van der Waals surface area contributed by atoms with E-state index >= 15 is 0 Å². The number of nitrogens with one attached hydrogen (secondary N) is 2. The summed E-state index contributed by atoms with van der Waals surface area (Å²) in [4.78, 5) is 39.6. The molecule has 4 rings (SSSR count). The summed E-state index contributed by atoms with van der Waals surface area (Å²) in [7, 11) is 0. The van der Waals surface area contributed by atoms with Crippen LogP contribution in [0.1, 0.15) is 34.9 Å². The van der Waals surface area contributed by atoms with Crippen LogP contribution in [0.3, 0.4) is 0 Å². The number of benzene rings is 1. The number of amides is 3. The summed E-state index contributed by atoms with van der Waals surface area (Å²) >= 11 is 0. The van der Waals surface area contributed by atoms with Crippen LogP contribution in [0.15, 0.2) is 48.8 Å². The van der Waals surface area contributed by atoms with Crippen molar-refractivity contribution in [2.45, 2.75) is 25.4 Å². The van der Waals surface area contributed by atoms with Gasteiger partial charge in [-0.1, -0.05) is 12.1 Å². The van der Waals surface area contributed by atoms with Gasteiger partial charge >= 0.3 is 0 Å². The van der Waals surface area contributed by atoms with Crippen molar-refractivity contribution in [1.29, 1.82) is 0 Å². The van der Waals surface area contributed by atoms with Crippen LogP contribution in [0.5, 0.6) is 5.88 Å². The van der Waals surface area contributed by atoms with Crippen LogP contribution in [-0.2, 0) is 16.1 Å². The van der Waals surface area contributed by atoms with Gasteiger partial charge in [-0.25, -0.2) is 0 Å². The zero-order valence-electron chi connectivity index (χ0n) is 14.9. The summed E-state index contributed by atoms with van der Waals surface area (Å²) in [6.07, 6.45) is 3.82. The lowest BCUT2D eigenvalue weighted by Crippen LogP contribution is -2.41. The van der Waals surface area contributed by atoms with Gasteiger partial charge in [-0.15, -0.1) is 0 Å². The van der Waals surface area contributed by atoms with E-state index in [9.17, 15) is 19.5 Å². The first-order chi connectivity index (χ1) is 13.5. The van der Waals surface area contributed by atoms with Crippen LogP contribution >= 0.6 is 0 Å². The van der Waals surface area contributed by atoms with Crippen LogP contribution in [-0.4, -0.2) is 32.4 Å². The maximum Gasteiger partial charge on any atom is 0.270 e. The summed E-state index contributed by atoms with van der Waals surface area (Å²) in [6.45, 7) is 0.301. The number of aromatic hydroxyl groups is 1. The molecular weight excluding hydrogens is 360 g/mol. The predicted molar refractivity (Wildman–Crippen MR) is 100 cm³/mol. The molecule has 1 saturated heterocycles. The molecule has 0 radical (unpaired) electrons. The first-order valence-corrected chi connectivity index (χ1v) is 8.88. The van der Waals surface area contributed by atoms with Crippen LogP contribution in [0.2, 0.25) is 0 Å². The number of piperidine rings is 1. The molecule has 1 fully saturated rings. The van der Waals surface area contributed by atoms with E-state index in [0.29, 0.717) is 24.0 Å². The maximum absolute atomic E-state index is 12.1. The number of pyridine rings is 1. The monoisotopic (exact) mass is 378 g/mol. The summed E-state index contributed by atoms with van der Waals surface area (Å²) in [5.74, 6) is -1.02. The molecule has 3 amide bonds. The standard InChI is InChI=1S/C20H18N4O4/c25-17-7-6-16(19(27)23-17)24-11-13-9-12(4-5-14(13)20(24)28)10-22-18(26)15-3-1-2-8-21-15/h1-5,8-9,11,16,28H,6-7,10H2,(H,22,26)(H,23,25,27). The molecule has 3 N–H and O–H groups in total. The van der Waals surface area contributed by atoms with Gasteiger partial charge in [0.1, 0.15) is 11.7 Å². The molecule has 1 aliphatic heterocycles. The average Bonchev–Trinajstić information content (AvgIpc) is 3.02. The molecule has 142 valence electrons. The SMILES string of the molecule is O=C1CCC(n2cc3cc(CNC(=O)c4ccccn4)ccc3c2O)C(=O)N1. The van der Waals surface area contributed by atoms with Gasteiger partial charge in [0.05, 0.1) is 0 Å². The zero-order valence-corrected chi connectivity index (χ0v) is 14.9. The second-order valence-electron chi connectivity index (χ2n) is 6.65. The third-order valence-corrected chi connectivity index (χ3v) is 4.78. The predicted octanol–water partition coefficient (Wildman–Crippen LogP) is 1.65. The average molecular weight is 378 g/mol. The zero-order chi connectivity index (χ0) is 19.7. The van der Waals surface area contributed by atoms with E-state index in [1.807, 2.05) is 6.07 Å². The van der Waals surface area contributed by atoms with Gasteiger partial charge in [0.15, 0.2) is 5.88 Å². The largest absolute Gasteiger partial charge is 0.494 e. The van der Waals surface area contributed by atoms with Gasteiger partial charge in [-0.3, -0.25) is 24.7 Å². The minimum atomic E-state index is -0.627. The van der Waals surface area contributed by atoms with Gasteiger partial charge < -0.3 is 15.0 Å². The Morgan fingerprint density at radius 3 is 2.89 bits per heavy atom. The maximum atomic E-state index is 12.1. The third kappa shape index (κ3) is 3.32. The van der Waals surface area contributed by atoms with Gasteiger partial charge in [0, 0.05) is 36.1 Å². The van der Waals surface area contributed by atoms with E-state index in [0.717, 1.165) is 10.9 Å². The topological polar surface area (TPSA) is 113 Å². The van der Waals surface area contributed by atoms with E-state index in [1.165, 1.54) is 4.57 Å². The van der Waals surface area contributed by atoms with Gasteiger partial charge in [0.2, 0.25) is 11.8 Å². The molecule has 2 aromatic heterocycles. The lowest BCUT2D eigenvalue weighted by molar-refractivity contribution is -0.135. The number of hydrogen-bond donors (Lipinski definition) is 3. The highest BCUT2D eigenvalue weighted by atomic mass is 16.3. The van der Waals surface area contributed by atoms with Gasteiger partial charge in [-0.05, 0) is 36.2 Å². The fourth-order valence-electron chi connectivity index (χ4n) is 3.34. The smallest absolute Gasteiger partial charge is 0.270 e. The van der Waals surface area contributed by atoms with Crippen molar-refractivity contribution in [3.8, 4) is 5.88 Å². The van der Waals surface area contributed by atoms with Crippen molar-refractivity contribution in [2.75, 3.05) is 0 Å². The number of carbonyl (C=O) groups excluding carboxylic acids is 3. The van der Waals surface area contributed by atoms with Crippen molar-refractivity contribution < 1.29 is 19.5 Å². The van der Waals surface area contributed by atoms with Crippen molar-refractivity contribution in [3.05, 3.63) is 60.0 Å². The number of hydrogen-bond acceptors (Lipinski definition) is 5. The Morgan fingerprint density at radius 1 is 1.29 bits per heavy atom. The molecule has 28 heavy (non-hydrogen) atoms. The fraction of sp³-hybridized carbons (Fsp3) is 0.200. The van der Waals surface area contributed by atoms with Crippen molar-refractivity contribution >= 4 is 28.5 Å². The molecular formula is C20H18N4O4. The van der Waals surface area contributed by atoms with E-state index in [2.05, 4.69) is 15.6 Å². The second-order valence-corrected chi connectivity index (χ2v) is 6.65. The van der Waals surface area contributed by atoms with E-state index in [1.54, 1.807) is 42.7 Å². The van der Waals surface area contributed by atoms with Crippen molar-refractivity contribution in [3.63, 3.8) is 0 Å². The quantitative estimate of drug-likeness (QED) is 0.598. The molecule has 8 heteroatoms. The van der Waals surface area contributed by atoms with Crippen LogP contribution in [0, 0.1) is 0 Å². The lowest BCUT2D eigenvalue weighted by atomic mass is 10.1. The number of rotatable bonds is 4. The van der Waals surface area contributed by atoms with Gasteiger partial charge in [0.25, 0.3) is 5.91 Å². The number of carbonyl (C=O) groups is 3. The van der Waals surface area contributed by atoms with Gasteiger partial charge in [-0.2, -0.15) is 0 Å². The minimum absolute atomic E-state index is 0.0198. The second kappa shape index (κ2) is 7.15. The Balaban J connectivity index is 1.54. The normalized spacial score (nSPS) is 16.8. The highest BCUT2D eigenvalue weighted by Crippen LogP contribution is 2.33. The first kappa shape index (κ1) is 17.7. The summed E-state index contributed by atoms with van der Waals surface area (Å²) in [5.41, 5.74) is 1.18. The Hall–Kier alpha value is -3.68. The first-order valence-electron chi connectivity index (χ1n) is 8.88. The molecule has 3 aromatic rings. The molecule has 0 spiro atoms. The summed E-state index contributed by atoms with van der Waals surface area (Å²) in [5, 5.41) is 16.9. The fourth-order valence-corrected chi connectivity index (χ4v) is 3.34. The summed E-state index contributed by atoms with van der Waals surface area (Å²) in [6, 6.07) is 9.88. The van der Waals surface area contributed by atoms with Crippen molar-refractivity contribution in [2.24, 2.45) is 0 Å². The molecule has 0 saturated carbocycles. The molecule has 3 heterocycles. The van der Waals surface area contributed by atoms with Crippen molar-refractivity contribution in [1.82, 2.24) is 20.2 Å². The highest BCUT2D eigenvalue weighted by Gasteiger charge is 2.30. The molecule has 0 aliphatic carbocycles. The number of imide groups is 1. The Morgan fingerprint density at radius 2 is 2.14 bits per heavy atom. The van der Waals surface area contributed by atoms with Crippen LogP contribution < -0.4 is 10.6 Å².